The molecule has 0 aliphatic carbocycles. The van der Waals surface area contributed by atoms with Crippen molar-refractivity contribution in [2.45, 2.75) is 13.2 Å². The molecule has 0 saturated heterocycles. The molecular formula is C15H12BrNOS. The Hall–Kier alpha value is -1.23. The summed E-state index contributed by atoms with van der Waals surface area (Å²) in [4.78, 5) is 4.57. The molecule has 3 aromatic rings. The minimum absolute atomic E-state index is 0.556. The number of thiazole rings is 1. The summed E-state index contributed by atoms with van der Waals surface area (Å²) in [6.07, 6.45) is 0. The number of aromatic nitrogens is 1. The third kappa shape index (κ3) is 3.03. The molecule has 0 aliphatic heterocycles. The van der Waals surface area contributed by atoms with Gasteiger partial charge in [0.15, 0.2) is 0 Å². The first-order valence-electron chi connectivity index (χ1n) is 5.98. The molecule has 0 amide bonds. The molecule has 19 heavy (non-hydrogen) atoms. The largest absolute Gasteiger partial charge is 0.370 e. The maximum absolute atomic E-state index is 5.71. The Labute approximate surface area is 124 Å². The van der Waals surface area contributed by atoms with Crippen LogP contribution in [0.1, 0.15) is 10.6 Å². The zero-order chi connectivity index (χ0) is 13.1. The number of halogens is 1. The SMILES string of the molecule is Brc1cccc2nc(COCc3ccccc3)sc12. The Bertz CT molecular complexity index is 681. The van der Waals surface area contributed by atoms with Crippen LogP contribution in [0.4, 0.5) is 0 Å². The van der Waals surface area contributed by atoms with Gasteiger partial charge >= 0.3 is 0 Å². The van der Waals surface area contributed by atoms with Crippen LogP contribution < -0.4 is 0 Å². The van der Waals surface area contributed by atoms with Crippen molar-refractivity contribution in [2.24, 2.45) is 0 Å². The summed E-state index contributed by atoms with van der Waals surface area (Å²) in [5, 5.41) is 1.01. The molecule has 2 nitrogen and oxygen atoms in total. The monoisotopic (exact) mass is 333 g/mol. The van der Waals surface area contributed by atoms with Crippen molar-refractivity contribution in [2.75, 3.05) is 0 Å². The summed E-state index contributed by atoms with van der Waals surface area (Å²) < 4.78 is 7.98. The van der Waals surface area contributed by atoms with Crippen LogP contribution in [0.5, 0.6) is 0 Å². The molecule has 0 bridgehead atoms. The minimum Gasteiger partial charge on any atom is -0.370 e. The standard InChI is InChI=1S/C15H12BrNOS/c16-12-7-4-8-13-15(12)19-14(17-13)10-18-9-11-5-2-1-3-6-11/h1-8H,9-10H2. The Morgan fingerprint density at radius 1 is 1.00 bits per heavy atom. The summed E-state index contributed by atoms with van der Waals surface area (Å²) in [7, 11) is 0. The molecule has 2 aromatic carbocycles. The van der Waals surface area contributed by atoms with Crippen LogP contribution in [0.3, 0.4) is 0 Å². The summed E-state index contributed by atoms with van der Waals surface area (Å²) in [5.74, 6) is 0. The average molecular weight is 334 g/mol. The Balaban J connectivity index is 1.67. The van der Waals surface area contributed by atoms with E-state index in [0.717, 1.165) is 15.0 Å². The molecule has 0 spiro atoms. The maximum Gasteiger partial charge on any atom is 0.120 e. The molecule has 3 rings (SSSR count). The van der Waals surface area contributed by atoms with Gasteiger partial charge in [-0.2, -0.15) is 0 Å². The van der Waals surface area contributed by atoms with Crippen LogP contribution in [0, 0.1) is 0 Å². The van der Waals surface area contributed by atoms with E-state index in [1.54, 1.807) is 11.3 Å². The molecular weight excluding hydrogens is 322 g/mol. The number of ether oxygens (including phenoxy) is 1. The zero-order valence-corrected chi connectivity index (χ0v) is 12.6. The highest BCUT2D eigenvalue weighted by molar-refractivity contribution is 9.10. The molecule has 0 unspecified atom stereocenters. The highest BCUT2D eigenvalue weighted by Crippen LogP contribution is 2.29. The number of benzene rings is 2. The highest BCUT2D eigenvalue weighted by atomic mass is 79.9. The second-order valence-electron chi connectivity index (χ2n) is 4.17. The third-order valence-corrected chi connectivity index (χ3v) is 4.75. The first-order chi connectivity index (χ1) is 9.33. The molecule has 0 fully saturated rings. The molecule has 1 aromatic heterocycles. The van der Waals surface area contributed by atoms with Crippen molar-refractivity contribution >= 4 is 37.5 Å². The van der Waals surface area contributed by atoms with Gasteiger partial charge in [-0.3, -0.25) is 0 Å². The average Bonchev–Trinajstić information content (AvgIpc) is 2.84. The van der Waals surface area contributed by atoms with E-state index in [9.17, 15) is 0 Å². The number of hydrogen-bond acceptors (Lipinski definition) is 3. The smallest absolute Gasteiger partial charge is 0.120 e. The number of hydrogen-bond donors (Lipinski definition) is 0. The van der Waals surface area contributed by atoms with Gasteiger partial charge in [0.25, 0.3) is 0 Å². The van der Waals surface area contributed by atoms with Crippen molar-refractivity contribution in [3.63, 3.8) is 0 Å². The third-order valence-electron chi connectivity index (χ3n) is 2.75. The van der Waals surface area contributed by atoms with Gasteiger partial charge in [-0.05, 0) is 33.6 Å². The van der Waals surface area contributed by atoms with E-state index in [-0.39, 0.29) is 0 Å². The van der Waals surface area contributed by atoms with Gasteiger partial charge in [0.05, 0.1) is 23.4 Å². The normalized spacial score (nSPS) is 11.0. The lowest BCUT2D eigenvalue weighted by Gasteiger charge is -2.01. The van der Waals surface area contributed by atoms with E-state index in [1.165, 1.54) is 10.3 Å². The van der Waals surface area contributed by atoms with Gasteiger partial charge in [0.1, 0.15) is 5.01 Å². The lowest BCUT2D eigenvalue weighted by molar-refractivity contribution is 0.107. The second kappa shape index (κ2) is 5.82. The predicted molar refractivity (Wildman–Crippen MR) is 82.3 cm³/mol. The minimum atomic E-state index is 0.556. The molecule has 96 valence electrons. The topological polar surface area (TPSA) is 22.1 Å². The fourth-order valence-corrected chi connectivity index (χ4v) is 3.36. The fourth-order valence-electron chi connectivity index (χ4n) is 1.85. The number of nitrogens with zero attached hydrogens (tertiary/aromatic N) is 1. The molecule has 0 radical (unpaired) electrons. The summed E-state index contributed by atoms with van der Waals surface area (Å²) in [5.41, 5.74) is 2.21. The van der Waals surface area contributed by atoms with Gasteiger partial charge < -0.3 is 4.74 Å². The summed E-state index contributed by atoms with van der Waals surface area (Å²) in [6, 6.07) is 16.2. The van der Waals surface area contributed by atoms with Crippen molar-refractivity contribution in [3.8, 4) is 0 Å². The van der Waals surface area contributed by atoms with Crippen molar-refractivity contribution in [1.29, 1.82) is 0 Å². The van der Waals surface area contributed by atoms with E-state index in [1.807, 2.05) is 36.4 Å². The zero-order valence-electron chi connectivity index (χ0n) is 10.2. The maximum atomic E-state index is 5.71. The van der Waals surface area contributed by atoms with E-state index in [4.69, 9.17) is 4.74 Å². The van der Waals surface area contributed by atoms with Crippen LogP contribution in [-0.4, -0.2) is 4.98 Å². The van der Waals surface area contributed by atoms with Gasteiger partial charge in [-0.15, -0.1) is 11.3 Å². The van der Waals surface area contributed by atoms with Crippen molar-refractivity contribution < 1.29 is 4.74 Å². The molecule has 0 N–H and O–H groups in total. The Kier molecular flexibility index (Phi) is 3.92. The molecule has 0 atom stereocenters. The second-order valence-corrected chi connectivity index (χ2v) is 6.11. The summed E-state index contributed by atoms with van der Waals surface area (Å²) in [6.45, 7) is 1.18. The highest BCUT2D eigenvalue weighted by Gasteiger charge is 2.06. The van der Waals surface area contributed by atoms with E-state index in [0.29, 0.717) is 13.2 Å². The van der Waals surface area contributed by atoms with E-state index >= 15 is 0 Å². The van der Waals surface area contributed by atoms with Crippen LogP contribution in [0.2, 0.25) is 0 Å². The quantitative estimate of drug-likeness (QED) is 0.685. The fraction of sp³-hybridized carbons (Fsp3) is 0.133. The molecule has 0 aliphatic rings. The van der Waals surface area contributed by atoms with Gasteiger partial charge in [0.2, 0.25) is 0 Å². The Morgan fingerprint density at radius 2 is 1.84 bits per heavy atom. The number of fused-ring (bicyclic) bond motifs is 1. The van der Waals surface area contributed by atoms with Crippen LogP contribution in [0.25, 0.3) is 10.2 Å². The lowest BCUT2D eigenvalue weighted by atomic mass is 10.2. The van der Waals surface area contributed by atoms with Gasteiger partial charge in [-0.25, -0.2) is 4.98 Å². The van der Waals surface area contributed by atoms with Gasteiger partial charge in [-0.1, -0.05) is 36.4 Å². The summed E-state index contributed by atoms with van der Waals surface area (Å²) >= 11 is 5.22. The lowest BCUT2D eigenvalue weighted by Crippen LogP contribution is -1.93. The van der Waals surface area contributed by atoms with Gasteiger partial charge in [0, 0.05) is 4.47 Å². The first-order valence-corrected chi connectivity index (χ1v) is 7.59. The number of rotatable bonds is 4. The van der Waals surface area contributed by atoms with E-state index < -0.39 is 0 Å². The molecule has 0 saturated carbocycles. The molecule has 4 heteroatoms. The predicted octanol–water partition coefficient (Wildman–Crippen LogP) is 4.78. The van der Waals surface area contributed by atoms with Crippen LogP contribution in [-0.2, 0) is 18.0 Å². The molecule has 1 heterocycles. The first kappa shape index (κ1) is 12.8. The van der Waals surface area contributed by atoms with Crippen LogP contribution in [0.15, 0.2) is 53.0 Å². The van der Waals surface area contributed by atoms with Crippen molar-refractivity contribution in [1.82, 2.24) is 4.98 Å². The van der Waals surface area contributed by atoms with Crippen molar-refractivity contribution in [3.05, 3.63) is 63.6 Å². The van der Waals surface area contributed by atoms with E-state index in [2.05, 4.69) is 33.0 Å². The van der Waals surface area contributed by atoms with Crippen LogP contribution >= 0.6 is 27.3 Å². The Morgan fingerprint density at radius 3 is 2.63 bits per heavy atom.